The Morgan fingerprint density at radius 1 is 1.10 bits per heavy atom. The molecule has 2 N–H and O–H groups in total. The SMILES string of the molecule is CCC(=O)N1CCC([C@H](NC(=O)c2ccc(OC)cc2)C(=O)N[C@@H](C)CC)CC1. The van der Waals surface area contributed by atoms with Crippen molar-refractivity contribution in [2.24, 2.45) is 5.92 Å². The molecule has 0 spiro atoms. The molecule has 1 heterocycles. The number of hydrogen-bond donors (Lipinski definition) is 2. The van der Waals surface area contributed by atoms with E-state index in [1.165, 1.54) is 0 Å². The maximum atomic E-state index is 12.9. The lowest BCUT2D eigenvalue weighted by Gasteiger charge is -2.36. The van der Waals surface area contributed by atoms with Crippen LogP contribution in [-0.2, 0) is 9.59 Å². The van der Waals surface area contributed by atoms with Crippen LogP contribution in [0.4, 0.5) is 0 Å². The number of amides is 3. The summed E-state index contributed by atoms with van der Waals surface area (Å²) in [6.45, 7) is 7.03. The fourth-order valence-corrected chi connectivity index (χ4v) is 3.50. The van der Waals surface area contributed by atoms with Gasteiger partial charge in [0.15, 0.2) is 0 Å². The van der Waals surface area contributed by atoms with E-state index in [9.17, 15) is 14.4 Å². The highest BCUT2D eigenvalue weighted by Gasteiger charge is 2.34. The first-order valence-corrected chi connectivity index (χ1v) is 10.4. The molecular weight excluding hydrogens is 370 g/mol. The van der Waals surface area contributed by atoms with Crippen molar-refractivity contribution < 1.29 is 19.1 Å². The third kappa shape index (κ3) is 6.21. The molecule has 1 fully saturated rings. The van der Waals surface area contributed by atoms with E-state index in [0.717, 1.165) is 6.42 Å². The van der Waals surface area contributed by atoms with E-state index in [0.29, 0.717) is 43.7 Å². The minimum Gasteiger partial charge on any atom is -0.497 e. The van der Waals surface area contributed by atoms with Crippen molar-refractivity contribution >= 4 is 17.7 Å². The maximum absolute atomic E-state index is 12.9. The van der Waals surface area contributed by atoms with Crippen LogP contribution in [0.1, 0.15) is 56.8 Å². The van der Waals surface area contributed by atoms with Crippen LogP contribution in [0.15, 0.2) is 24.3 Å². The highest BCUT2D eigenvalue weighted by molar-refractivity contribution is 5.97. The molecule has 160 valence electrons. The Morgan fingerprint density at radius 3 is 2.24 bits per heavy atom. The molecule has 2 rings (SSSR count). The summed E-state index contributed by atoms with van der Waals surface area (Å²) in [5.41, 5.74) is 0.478. The number of carbonyl (C=O) groups is 3. The van der Waals surface area contributed by atoms with E-state index in [4.69, 9.17) is 4.74 Å². The van der Waals surface area contributed by atoms with E-state index < -0.39 is 6.04 Å². The lowest BCUT2D eigenvalue weighted by atomic mass is 9.88. The molecule has 0 aromatic heterocycles. The minimum atomic E-state index is -0.627. The Balaban J connectivity index is 2.11. The molecule has 7 heteroatoms. The van der Waals surface area contributed by atoms with Gasteiger partial charge in [0, 0.05) is 31.1 Å². The number of nitrogens with one attached hydrogen (secondary N) is 2. The average Bonchev–Trinajstić information content (AvgIpc) is 2.76. The Hall–Kier alpha value is -2.57. The molecule has 0 unspecified atom stereocenters. The van der Waals surface area contributed by atoms with Gasteiger partial charge in [0.1, 0.15) is 11.8 Å². The van der Waals surface area contributed by atoms with Gasteiger partial charge in [-0.15, -0.1) is 0 Å². The summed E-state index contributed by atoms with van der Waals surface area (Å²) >= 11 is 0. The van der Waals surface area contributed by atoms with Crippen molar-refractivity contribution in [3.63, 3.8) is 0 Å². The molecule has 1 aliphatic rings. The van der Waals surface area contributed by atoms with Crippen LogP contribution >= 0.6 is 0 Å². The van der Waals surface area contributed by atoms with Gasteiger partial charge in [-0.1, -0.05) is 13.8 Å². The molecule has 1 aliphatic heterocycles. The van der Waals surface area contributed by atoms with Gasteiger partial charge in [-0.25, -0.2) is 0 Å². The van der Waals surface area contributed by atoms with Gasteiger partial charge in [-0.2, -0.15) is 0 Å². The minimum absolute atomic E-state index is 0.0119. The topological polar surface area (TPSA) is 87.7 Å². The number of likely N-dealkylation sites (tertiary alicyclic amines) is 1. The van der Waals surface area contributed by atoms with Gasteiger partial charge in [-0.3, -0.25) is 14.4 Å². The van der Waals surface area contributed by atoms with Crippen LogP contribution in [0.3, 0.4) is 0 Å². The largest absolute Gasteiger partial charge is 0.497 e. The number of benzene rings is 1. The maximum Gasteiger partial charge on any atom is 0.251 e. The third-order valence-electron chi connectivity index (χ3n) is 5.59. The molecule has 0 radical (unpaired) electrons. The van der Waals surface area contributed by atoms with Gasteiger partial charge in [0.25, 0.3) is 5.91 Å². The van der Waals surface area contributed by atoms with E-state index in [2.05, 4.69) is 10.6 Å². The Morgan fingerprint density at radius 2 is 1.72 bits per heavy atom. The number of rotatable bonds is 8. The standard InChI is InChI=1S/C22H33N3O4/c1-5-15(3)23-22(28)20(16-11-13-25(14-12-16)19(26)6-2)24-21(27)17-7-9-18(29-4)10-8-17/h7-10,15-16,20H,5-6,11-14H2,1-4H3,(H,23,28)(H,24,27)/t15-,20-/m0/s1. The monoisotopic (exact) mass is 403 g/mol. The number of nitrogens with zero attached hydrogens (tertiary/aromatic N) is 1. The summed E-state index contributed by atoms with van der Waals surface area (Å²) in [5.74, 6) is 0.333. The van der Waals surface area contributed by atoms with Crippen molar-refractivity contribution in [3.8, 4) is 5.75 Å². The Kier molecular flexibility index (Phi) is 8.49. The second-order valence-electron chi connectivity index (χ2n) is 7.57. The van der Waals surface area contributed by atoms with Gasteiger partial charge in [0.2, 0.25) is 11.8 Å². The van der Waals surface area contributed by atoms with Crippen LogP contribution in [0.25, 0.3) is 0 Å². The predicted octanol–water partition coefficient (Wildman–Crippen LogP) is 2.36. The average molecular weight is 404 g/mol. The molecule has 7 nitrogen and oxygen atoms in total. The summed E-state index contributed by atoms with van der Waals surface area (Å²) < 4.78 is 5.13. The number of carbonyl (C=O) groups excluding carboxylic acids is 3. The van der Waals surface area contributed by atoms with Crippen LogP contribution in [0.5, 0.6) is 5.75 Å². The third-order valence-corrected chi connectivity index (χ3v) is 5.59. The number of hydrogen-bond acceptors (Lipinski definition) is 4. The first-order valence-electron chi connectivity index (χ1n) is 10.4. The second kappa shape index (κ2) is 10.8. The first-order chi connectivity index (χ1) is 13.9. The summed E-state index contributed by atoms with van der Waals surface area (Å²) in [6, 6.07) is 6.21. The highest BCUT2D eigenvalue weighted by atomic mass is 16.5. The smallest absolute Gasteiger partial charge is 0.251 e. The molecule has 1 aromatic carbocycles. The molecule has 0 bridgehead atoms. The van der Waals surface area contributed by atoms with E-state index in [1.807, 2.05) is 25.7 Å². The van der Waals surface area contributed by atoms with Crippen molar-refractivity contribution in [3.05, 3.63) is 29.8 Å². The number of ether oxygens (including phenoxy) is 1. The van der Waals surface area contributed by atoms with E-state index in [-0.39, 0.29) is 29.7 Å². The summed E-state index contributed by atoms with van der Waals surface area (Å²) in [5, 5.41) is 5.93. The fourth-order valence-electron chi connectivity index (χ4n) is 3.50. The Bertz CT molecular complexity index is 697. The van der Waals surface area contributed by atoms with Gasteiger partial charge < -0.3 is 20.3 Å². The van der Waals surface area contributed by atoms with Crippen LogP contribution in [0, 0.1) is 5.92 Å². The lowest BCUT2D eigenvalue weighted by molar-refractivity contribution is -0.132. The van der Waals surface area contributed by atoms with Crippen molar-refractivity contribution in [1.29, 1.82) is 0 Å². The second-order valence-corrected chi connectivity index (χ2v) is 7.57. The lowest BCUT2D eigenvalue weighted by Crippen LogP contribution is -2.55. The summed E-state index contributed by atoms with van der Waals surface area (Å²) in [4.78, 5) is 39.5. The molecule has 0 saturated carbocycles. The van der Waals surface area contributed by atoms with Gasteiger partial charge in [-0.05, 0) is 56.4 Å². The Labute approximate surface area is 173 Å². The summed E-state index contributed by atoms with van der Waals surface area (Å²) in [6.07, 6.45) is 2.67. The van der Waals surface area contributed by atoms with Crippen LogP contribution in [0.2, 0.25) is 0 Å². The predicted molar refractivity (Wildman–Crippen MR) is 112 cm³/mol. The quantitative estimate of drug-likeness (QED) is 0.698. The molecule has 1 aromatic rings. The van der Waals surface area contributed by atoms with Crippen LogP contribution < -0.4 is 15.4 Å². The van der Waals surface area contributed by atoms with Crippen molar-refractivity contribution in [2.75, 3.05) is 20.2 Å². The van der Waals surface area contributed by atoms with Crippen molar-refractivity contribution in [2.45, 2.75) is 58.5 Å². The van der Waals surface area contributed by atoms with Gasteiger partial charge in [0.05, 0.1) is 7.11 Å². The summed E-state index contributed by atoms with van der Waals surface area (Å²) in [7, 11) is 1.57. The van der Waals surface area contributed by atoms with Crippen LogP contribution in [-0.4, -0.2) is 54.9 Å². The van der Waals surface area contributed by atoms with E-state index >= 15 is 0 Å². The number of piperidine rings is 1. The first kappa shape index (κ1) is 22.7. The molecule has 2 atom stereocenters. The molecule has 0 aliphatic carbocycles. The normalized spacial score (nSPS) is 16.6. The zero-order valence-corrected chi connectivity index (χ0v) is 17.9. The number of methoxy groups -OCH3 is 1. The molecule has 29 heavy (non-hydrogen) atoms. The van der Waals surface area contributed by atoms with E-state index in [1.54, 1.807) is 31.4 Å². The highest BCUT2D eigenvalue weighted by Crippen LogP contribution is 2.22. The fraction of sp³-hybridized carbons (Fsp3) is 0.591. The molecular formula is C22H33N3O4. The van der Waals surface area contributed by atoms with Gasteiger partial charge >= 0.3 is 0 Å². The zero-order valence-electron chi connectivity index (χ0n) is 17.9. The van der Waals surface area contributed by atoms with Crippen molar-refractivity contribution in [1.82, 2.24) is 15.5 Å². The zero-order chi connectivity index (χ0) is 21.4. The molecule has 1 saturated heterocycles. The molecule has 3 amide bonds.